The van der Waals surface area contributed by atoms with E-state index >= 15 is 0 Å². The summed E-state index contributed by atoms with van der Waals surface area (Å²) in [5.41, 5.74) is -0.491. The minimum absolute atomic E-state index is 0.190. The maximum atomic E-state index is 11.9. The lowest BCUT2D eigenvalue weighted by atomic mass is 10.0. The van der Waals surface area contributed by atoms with Gasteiger partial charge in [-0.15, -0.1) is 0 Å². The van der Waals surface area contributed by atoms with E-state index in [1.165, 1.54) is 6.33 Å². The molecule has 7 nitrogen and oxygen atoms in total. The van der Waals surface area contributed by atoms with Gasteiger partial charge in [-0.25, -0.2) is 14.8 Å². The average molecular weight is 336 g/mol. The molecule has 0 saturated carbocycles. The Morgan fingerprint density at radius 1 is 1.38 bits per heavy atom. The predicted molar refractivity (Wildman–Crippen MR) is 92.4 cm³/mol. The third-order valence-electron chi connectivity index (χ3n) is 3.72. The van der Waals surface area contributed by atoms with Crippen LogP contribution in [0.2, 0.25) is 0 Å². The zero-order valence-electron chi connectivity index (χ0n) is 15.0. The monoisotopic (exact) mass is 336 g/mol. The molecule has 7 heteroatoms. The van der Waals surface area contributed by atoms with Crippen LogP contribution in [0.3, 0.4) is 0 Å². The molecule has 2 heterocycles. The lowest BCUT2D eigenvalue weighted by Gasteiger charge is -2.36. The molecule has 1 aliphatic heterocycles. The number of carbonyl (C=O) groups excluding carboxylic acids is 1. The Morgan fingerprint density at radius 3 is 2.88 bits per heavy atom. The number of hydrogen-bond acceptors (Lipinski definition) is 6. The van der Waals surface area contributed by atoms with Crippen molar-refractivity contribution in [1.82, 2.24) is 15.3 Å². The van der Waals surface area contributed by atoms with Crippen molar-refractivity contribution in [2.45, 2.75) is 58.6 Å². The summed E-state index contributed by atoms with van der Waals surface area (Å²) in [5.74, 6) is 1.41. The molecule has 1 N–H and O–H groups in total. The topological polar surface area (TPSA) is 76.6 Å². The Morgan fingerprint density at radius 2 is 2.17 bits per heavy atom. The molecule has 0 bridgehead atoms. The number of hydrogen-bond donors (Lipinski definition) is 1. The highest BCUT2D eigenvalue weighted by Gasteiger charge is 2.25. The Bertz CT molecular complexity index is 545. The first kappa shape index (κ1) is 18.3. The Balaban J connectivity index is 2.00. The summed E-state index contributed by atoms with van der Waals surface area (Å²) in [4.78, 5) is 22.6. The van der Waals surface area contributed by atoms with E-state index in [1.54, 1.807) is 0 Å². The number of amides is 1. The van der Waals surface area contributed by atoms with Gasteiger partial charge in [-0.3, -0.25) is 0 Å². The van der Waals surface area contributed by atoms with E-state index in [4.69, 9.17) is 9.47 Å². The molecule has 0 unspecified atom stereocenters. The molecule has 1 aromatic heterocycles. The lowest BCUT2D eigenvalue weighted by Crippen LogP contribution is -2.48. The molecule has 0 aromatic carbocycles. The van der Waals surface area contributed by atoms with Gasteiger partial charge in [-0.05, 0) is 47.0 Å². The Kier molecular flexibility index (Phi) is 6.23. The molecule has 1 saturated heterocycles. The molecular weight excluding hydrogens is 308 g/mol. The minimum Gasteiger partial charge on any atom is -0.478 e. The smallest absolute Gasteiger partial charge is 0.407 e. The Hall–Kier alpha value is -2.05. The van der Waals surface area contributed by atoms with Crippen LogP contribution in [-0.2, 0) is 4.74 Å². The maximum Gasteiger partial charge on any atom is 0.407 e. The van der Waals surface area contributed by atoms with E-state index < -0.39 is 5.60 Å². The number of nitrogens with zero attached hydrogens (tertiary/aromatic N) is 3. The van der Waals surface area contributed by atoms with Gasteiger partial charge in [0.1, 0.15) is 17.7 Å². The lowest BCUT2D eigenvalue weighted by molar-refractivity contribution is 0.0523. The fourth-order valence-corrected chi connectivity index (χ4v) is 2.74. The highest BCUT2D eigenvalue weighted by atomic mass is 16.6. The van der Waals surface area contributed by atoms with Gasteiger partial charge in [0.05, 0.1) is 6.61 Å². The van der Waals surface area contributed by atoms with Crippen LogP contribution in [0.1, 0.15) is 47.0 Å². The highest BCUT2D eigenvalue weighted by Crippen LogP contribution is 2.24. The van der Waals surface area contributed by atoms with Crippen molar-refractivity contribution in [3.63, 3.8) is 0 Å². The minimum atomic E-state index is -0.491. The first-order valence-corrected chi connectivity index (χ1v) is 8.57. The quantitative estimate of drug-likeness (QED) is 0.891. The maximum absolute atomic E-state index is 11.9. The van der Waals surface area contributed by atoms with Crippen LogP contribution in [0.25, 0.3) is 0 Å². The van der Waals surface area contributed by atoms with Gasteiger partial charge >= 0.3 is 6.09 Å². The zero-order chi connectivity index (χ0) is 17.6. The van der Waals surface area contributed by atoms with Crippen molar-refractivity contribution in [2.75, 3.05) is 24.6 Å². The van der Waals surface area contributed by atoms with Gasteiger partial charge in [0, 0.05) is 25.2 Å². The normalized spacial score (nSPS) is 18.2. The van der Waals surface area contributed by atoms with Crippen LogP contribution in [0, 0.1) is 0 Å². The van der Waals surface area contributed by atoms with Crippen LogP contribution in [0.4, 0.5) is 10.6 Å². The van der Waals surface area contributed by atoms with Crippen molar-refractivity contribution in [1.29, 1.82) is 0 Å². The van der Waals surface area contributed by atoms with E-state index in [-0.39, 0.29) is 12.1 Å². The number of anilines is 1. The summed E-state index contributed by atoms with van der Waals surface area (Å²) in [6.45, 7) is 9.50. The van der Waals surface area contributed by atoms with Crippen LogP contribution < -0.4 is 15.0 Å². The van der Waals surface area contributed by atoms with Crippen molar-refractivity contribution in [3.8, 4) is 5.88 Å². The van der Waals surface area contributed by atoms with Crippen molar-refractivity contribution in [3.05, 3.63) is 12.4 Å². The number of alkyl carbamates (subject to hydrolysis) is 1. The molecule has 134 valence electrons. The molecular formula is C17H28N4O3. The second-order valence-electron chi connectivity index (χ2n) is 6.87. The molecule has 1 aromatic rings. The van der Waals surface area contributed by atoms with Gasteiger partial charge in [-0.1, -0.05) is 0 Å². The van der Waals surface area contributed by atoms with Crippen molar-refractivity contribution < 1.29 is 14.3 Å². The predicted octanol–water partition coefficient (Wildman–Crippen LogP) is 2.76. The van der Waals surface area contributed by atoms with E-state index in [0.717, 1.165) is 31.6 Å². The van der Waals surface area contributed by atoms with E-state index in [2.05, 4.69) is 20.2 Å². The van der Waals surface area contributed by atoms with Gasteiger partial charge in [0.2, 0.25) is 5.88 Å². The summed E-state index contributed by atoms with van der Waals surface area (Å²) in [5, 5.41) is 2.87. The molecule has 1 fully saturated rings. The zero-order valence-corrected chi connectivity index (χ0v) is 15.0. The fourth-order valence-electron chi connectivity index (χ4n) is 2.74. The van der Waals surface area contributed by atoms with Crippen molar-refractivity contribution in [2.24, 2.45) is 0 Å². The van der Waals surface area contributed by atoms with Crippen LogP contribution in [0.15, 0.2) is 12.4 Å². The second-order valence-corrected chi connectivity index (χ2v) is 6.87. The van der Waals surface area contributed by atoms with Crippen LogP contribution in [-0.4, -0.2) is 47.4 Å². The van der Waals surface area contributed by atoms with Gasteiger partial charge in [0.25, 0.3) is 0 Å². The summed E-state index contributed by atoms with van der Waals surface area (Å²) in [6.07, 6.45) is 4.39. The molecule has 1 amide bonds. The van der Waals surface area contributed by atoms with Gasteiger partial charge < -0.3 is 19.7 Å². The second kappa shape index (κ2) is 8.17. The molecule has 1 atom stereocenters. The molecule has 24 heavy (non-hydrogen) atoms. The number of nitrogens with one attached hydrogen (secondary N) is 1. The average Bonchev–Trinajstić information content (AvgIpc) is 2.52. The standard InChI is InChI=1S/C17H28N4O3/c1-5-23-15-10-14(19-12-20-15)21-9-7-6-8-13(21)11-18-16(22)24-17(2,3)4/h10,12-13H,5-9,11H2,1-4H3,(H,18,22)/t13-/m0/s1. The highest BCUT2D eigenvalue weighted by molar-refractivity contribution is 5.67. The number of aromatic nitrogens is 2. The third-order valence-corrected chi connectivity index (χ3v) is 3.72. The number of carbonyl (C=O) groups is 1. The van der Waals surface area contributed by atoms with Gasteiger partial charge in [-0.2, -0.15) is 0 Å². The molecule has 1 aliphatic rings. The SMILES string of the molecule is CCOc1cc(N2CCCC[C@H]2CNC(=O)OC(C)(C)C)ncn1. The molecule has 2 rings (SSSR count). The number of ether oxygens (including phenoxy) is 2. The number of piperidine rings is 1. The molecule has 0 spiro atoms. The van der Waals surface area contributed by atoms with Crippen LogP contribution >= 0.6 is 0 Å². The summed E-state index contributed by atoms with van der Waals surface area (Å²) in [7, 11) is 0. The molecule has 0 radical (unpaired) electrons. The van der Waals surface area contributed by atoms with Crippen molar-refractivity contribution >= 4 is 11.9 Å². The number of rotatable bonds is 5. The van der Waals surface area contributed by atoms with Crippen LogP contribution in [0.5, 0.6) is 5.88 Å². The van der Waals surface area contributed by atoms with E-state index in [9.17, 15) is 4.79 Å². The summed E-state index contributed by atoms with van der Waals surface area (Å²) < 4.78 is 10.8. The van der Waals surface area contributed by atoms with Gasteiger partial charge in [0.15, 0.2) is 0 Å². The molecule has 0 aliphatic carbocycles. The first-order chi connectivity index (χ1) is 11.4. The van der Waals surface area contributed by atoms with E-state index in [1.807, 2.05) is 33.8 Å². The summed E-state index contributed by atoms with van der Waals surface area (Å²) in [6, 6.07) is 2.05. The summed E-state index contributed by atoms with van der Waals surface area (Å²) >= 11 is 0. The fraction of sp³-hybridized carbons (Fsp3) is 0.706. The third kappa shape index (κ3) is 5.54. The largest absolute Gasteiger partial charge is 0.478 e. The first-order valence-electron chi connectivity index (χ1n) is 8.57. The van der Waals surface area contributed by atoms with E-state index in [0.29, 0.717) is 19.0 Å². The Labute approximate surface area is 143 Å².